The van der Waals surface area contributed by atoms with E-state index in [9.17, 15) is 13.2 Å². The fourth-order valence-corrected chi connectivity index (χ4v) is 1.02. The molecule has 0 saturated carbocycles. The van der Waals surface area contributed by atoms with E-state index in [0.29, 0.717) is 6.92 Å². The van der Waals surface area contributed by atoms with Gasteiger partial charge >= 0.3 is 6.18 Å². The summed E-state index contributed by atoms with van der Waals surface area (Å²) in [6, 6.07) is 8.81. The summed E-state index contributed by atoms with van der Waals surface area (Å²) in [5.41, 5.74) is -2.04. The Morgan fingerprint density at radius 2 is 1.75 bits per heavy atom. The number of hydrogen-bond donors (Lipinski definition) is 1. The van der Waals surface area contributed by atoms with Crippen LogP contribution in [0.2, 0.25) is 0 Å². The molecule has 0 bridgehead atoms. The highest BCUT2D eigenvalue weighted by atomic mass is 19.4. The zero-order chi connectivity index (χ0) is 12.2. The molecule has 0 fully saturated rings. The molecule has 1 N–H and O–H groups in total. The first-order valence-corrected chi connectivity index (χ1v) is 4.74. The number of aliphatic hydroxyl groups is 1. The topological polar surface area (TPSA) is 29.5 Å². The fourth-order valence-electron chi connectivity index (χ4n) is 1.02. The summed E-state index contributed by atoms with van der Waals surface area (Å²) < 4.78 is 41.5. The molecule has 0 aromatic heterocycles. The third-order valence-corrected chi connectivity index (χ3v) is 2.11. The molecule has 0 amide bonds. The van der Waals surface area contributed by atoms with Crippen LogP contribution in [0.15, 0.2) is 30.3 Å². The standard InChI is InChI=1S/C11H13F3O2/c1-10(15,11(12,13)14)8-16-7-9-5-3-2-4-6-9/h2-6,15H,7-8H2,1H3. The zero-order valence-corrected chi connectivity index (χ0v) is 8.79. The molecule has 1 atom stereocenters. The lowest BCUT2D eigenvalue weighted by molar-refractivity contribution is -0.268. The maximum Gasteiger partial charge on any atom is 0.419 e. The van der Waals surface area contributed by atoms with E-state index < -0.39 is 18.4 Å². The molecule has 90 valence electrons. The summed E-state index contributed by atoms with van der Waals surface area (Å²) in [6.45, 7) is -0.0313. The molecule has 0 aliphatic heterocycles. The molecule has 1 aromatic rings. The Balaban J connectivity index is 2.42. The van der Waals surface area contributed by atoms with Crippen molar-refractivity contribution in [2.24, 2.45) is 0 Å². The summed E-state index contributed by atoms with van der Waals surface area (Å²) in [4.78, 5) is 0. The van der Waals surface area contributed by atoms with Crippen LogP contribution in [0.4, 0.5) is 13.2 Å². The van der Waals surface area contributed by atoms with Crippen LogP contribution in [0.5, 0.6) is 0 Å². The van der Waals surface area contributed by atoms with E-state index in [4.69, 9.17) is 9.84 Å². The van der Waals surface area contributed by atoms with E-state index in [1.54, 1.807) is 30.3 Å². The summed E-state index contributed by atoms with van der Waals surface area (Å²) in [7, 11) is 0. The molecule has 0 aliphatic carbocycles. The van der Waals surface area contributed by atoms with Crippen molar-refractivity contribution in [1.29, 1.82) is 0 Å². The largest absolute Gasteiger partial charge is 0.419 e. The number of hydrogen-bond acceptors (Lipinski definition) is 2. The molecule has 2 nitrogen and oxygen atoms in total. The lowest BCUT2D eigenvalue weighted by Crippen LogP contribution is -2.46. The lowest BCUT2D eigenvalue weighted by Gasteiger charge is -2.25. The average Bonchev–Trinajstić information content (AvgIpc) is 2.17. The van der Waals surface area contributed by atoms with Gasteiger partial charge in [0.2, 0.25) is 0 Å². The second kappa shape index (κ2) is 4.84. The van der Waals surface area contributed by atoms with Gasteiger partial charge in [0, 0.05) is 0 Å². The third kappa shape index (κ3) is 3.50. The molecule has 1 rings (SSSR count). The number of halogens is 3. The van der Waals surface area contributed by atoms with E-state index in [1.807, 2.05) is 0 Å². The summed E-state index contributed by atoms with van der Waals surface area (Å²) >= 11 is 0. The molecule has 0 aliphatic rings. The average molecular weight is 234 g/mol. The van der Waals surface area contributed by atoms with Gasteiger partial charge in [0.1, 0.15) is 0 Å². The van der Waals surface area contributed by atoms with Crippen LogP contribution in [0.1, 0.15) is 12.5 Å². The van der Waals surface area contributed by atoms with Crippen molar-refractivity contribution in [3.8, 4) is 0 Å². The van der Waals surface area contributed by atoms with Crippen molar-refractivity contribution >= 4 is 0 Å². The SMILES string of the molecule is CC(O)(COCc1ccccc1)C(F)(F)F. The van der Waals surface area contributed by atoms with Gasteiger partial charge in [-0.25, -0.2) is 0 Å². The predicted octanol–water partition coefficient (Wildman–Crippen LogP) is 2.52. The molecule has 0 saturated heterocycles. The molecule has 0 heterocycles. The van der Waals surface area contributed by atoms with E-state index in [0.717, 1.165) is 5.56 Å². The number of ether oxygens (including phenoxy) is 1. The van der Waals surface area contributed by atoms with Gasteiger partial charge in [-0.05, 0) is 12.5 Å². The summed E-state index contributed by atoms with van der Waals surface area (Å²) in [5.74, 6) is 0. The van der Waals surface area contributed by atoms with Gasteiger partial charge in [-0.1, -0.05) is 30.3 Å². The van der Waals surface area contributed by atoms with Crippen molar-refractivity contribution < 1.29 is 23.0 Å². The molecular weight excluding hydrogens is 221 g/mol. The third-order valence-electron chi connectivity index (χ3n) is 2.11. The number of benzene rings is 1. The summed E-state index contributed by atoms with van der Waals surface area (Å²) in [5, 5.41) is 9.08. The molecule has 1 aromatic carbocycles. The first kappa shape index (κ1) is 13.0. The first-order valence-electron chi connectivity index (χ1n) is 4.74. The Morgan fingerprint density at radius 1 is 1.19 bits per heavy atom. The minimum Gasteiger partial charge on any atom is -0.379 e. The Bertz CT molecular complexity index is 320. The van der Waals surface area contributed by atoms with Gasteiger partial charge in [-0.15, -0.1) is 0 Å². The minimum absolute atomic E-state index is 0.0487. The molecule has 1 unspecified atom stereocenters. The number of rotatable bonds is 4. The van der Waals surface area contributed by atoms with Gasteiger partial charge in [0.25, 0.3) is 0 Å². The Kier molecular flexibility index (Phi) is 3.93. The van der Waals surface area contributed by atoms with Crippen LogP contribution in [-0.2, 0) is 11.3 Å². The first-order chi connectivity index (χ1) is 7.33. The molecule has 0 spiro atoms. The summed E-state index contributed by atoms with van der Waals surface area (Å²) in [6.07, 6.45) is -4.68. The second-order valence-corrected chi connectivity index (χ2v) is 3.75. The van der Waals surface area contributed by atoms with Crippen LogP contribution in [0.25, 0.3) is 0 Å². The van der Waals surface area contributed by atoms with Crippen LogP contribution < -0.4 is 0 Å². The van der Waals surface area contributed by atoms with Gasteiger partial charge in [0.15, 0.2) is 5.60 Å². The lowest BCUT2D eigenvalue weighted by atomic mass is 10.1. The van der Waals surface area contributed by atoms with Crippen LogP contribution >= 0.6 is 0 Å². The quantitative estimate of drug-likeness (QED) is 0.867. The van der Waals surface area contributed by atoms with Gasteiger partial charge in [0.05, 0.1) is 13.2 Å². The van der Waals surface area contributed by atoms with Crippen molar-refractivity contribution in [3.63, 3.8) is 0 Å². The number of alkyl halides is 3. The Labute approximate surface area is 91.7 Å². The predicted molar refractivity (Wildman–Crippen MR) is 52.8 cm³/mol. The molecular formula is C11H13F3O2. The van der Waals surface area contributed by atoms with Crippen molar-refractivity contribution in [2.45, 2.75) is 25.3 Å². The van der Waals surface area contributed by atoms with Crippen LogP contribution in [0, 0.1) is 0 Å². The van der Waals surface area contributed by atoms with E-state index in [2.05, 4.69) is 0 Å². The molecule has 5 heteroatoms. The van der Waals surface area contributed by atoms with E-state index in [1.165, 1.54) is 0 Å². The van der Waals surface area contributed by atoms with Gasteiger partial charge in [-0.2, -0.15) is 13.2 Å². The van der Waals surface area contributed by atoms with Crippen molar-refractivity contribution in [3.05, 3.63) is 35.9 Å². The van der Waals surface area contributed by atoms with Gasteiger partial charge in [-0.3, -0.25) is 0 Å². The highest BCUT2D eigenvalue weighted by molar-refractivity contribution is 5.13. The maximum atomic E-state index is 12.2. The second-order valence-electron chi connectivity index (χ2n) is 3.75. The molecule has 16 heavy (non-hydrogen) atoms. The van der Waals surface area contributed by atoms with Crippen LogP contribution in [-0.4, -0.2) is 23.5 Å². The van der Waals surface area contributed by atoms with E-state index in [-0.39, 0.29) is 6.61 Å². The van der Waals surface area contributed by atoms with E-state index >= 15 is 0 Å². The molecule has 0 radical (unpaired) electrons. The smallest absolute Gasteiger partial charge is 0.379 e. The fraction of sp³-hybridized carbons (Fsp3) is 0.455. The Hall–Kier alpha value is -1.07. The van der Waals surface area contributed by atoms with Crippen LogP contribution in [0.3, 0.4) is 0 Å². The normalized spacial score (nSPS) is 15.8. The maximum absolute atomic E-state index is 12.2. The Morgan fingerprint density at radius 3 is 2.25 bits per heavy atom. The monoisotopic (exact) mass is 234 g/mol. The highest BCUT2D eigenvalue weighted by Crippen LogP contribution is 2.30. The van der Waals surface area contributed by atoms with Crippen molar-refractivity contribution in [2.75, 3.05) is 6.61 Å². The van der Waals surface area contributed by atoms with Gasteiger partial charge < -0.3 is 9.84 Å². The zero-order valence-electron chi connectivity index (χ0n) is 8.79. The van der Waals surface area contributed by atoms with Crippen molar-refractivity contribution in [1.82, 2.24) is 0 Å². The highest BCUT2D eigenvalue weighted by Gasteiger charge is 2.50. The minimum atomic E-state index is -4.68.